The van der Waals surface area contributed by atoms with Crippen molar-refractivity contribution in [1.82, 2.24) is 4.90 Å². The summed E-state index contributed by atoms with van der Waals surface area (Å²) in [4.78, 5) is 31.7. The van der Waals surface area contributed by atoms with Gasteiger partial charge >= 0.3 is 18.0 Å². The maximum absolute atomic E-state index is 10.8. The summed E-state index contributed by atoms with van der Waals surface area (Å²) in [6.45, 7) is -1.39. The Bertz CT molecular complexity index is 209. The minimum atomic E-state index is -1.30. The van der Waals surface area contributed by atoms with Crippen molar-refractivity contribution in [2.24, 2.45) is 0 Å². The van der Waals surface area contributed by atoms with Crippen LogP contribution in [-0.4, -0.2) is 53.3 Å². The van der Waals surface area contributed by atoms with Crippen LogP contribution in [0.1, 0.15) is 0 Å². The average Bonchev–Trinajstić information content (AvgIpc) is 2.00. The third-order valence-electron chi connectivity index (χ3n) is 1.09. The second-order valence-corrected chi connectivity index (χ2v) is 2.11. The molecular weight excluding hydrogens is 182 g/mol. The van der Waals surface area contributed by atoms with Crippen LogP contribution in [0.5, 0.6) is 0 Å². The fraction of sp³-hybridized carbons (Fsp3) is 0.500. The summed E-state index contributed by atoms with van der Waals surface area (Å²) in [5.74, 6) is -2.60. The quantitative estimate of drug-likeness (QED) is 0.604. The van der Waals surface area contributed by atoms with Crippen LogP contribution < -0.4 is 0 Å². The molecule has 0 aromatic heterocycles. The highest BCUT2D eigenvalue weighted by atomic mass is 16.5. The summed E-state index contributed by atoms with van der Waals surface area (Å²) in [6.07, 6.45) is -0.982. The van der Waals surface area contributed by atoms with Crippen LogP contribution >= 0.6 is 0 Å². The largest absolute Gasteiger partial charge is 0.480 e. The summed E-state index contributed by atoms with van der Waals surface area (Å²) in [5, 5.41) is 16.6. The minimum absolute atomic E-state index is 0.560. The first kappa shape index (κ1) is 11.2. The Kier molecular flexibility index (Phi) is 4.28. The molecule has 0 fully saturated rings. The highest BCUT2D eigenvalue weighted by Gasteiger charge is 2.19. The Balaban J connectivity index is 4.26. The van der Waals surface area contributed by atoms with Crippen molar-refractivity contribution in [3.8, 4) is 0 Å². The molecule has 7 heteroatoms. The molecule has 0 saturated heterocycles. The number of ether oxygens (including phenoxy) is 1. The van der Waals surface area contributed by atoms with E-state index in [9.17, 15) is 14.4 Å². The van der Waals surface area contributed by atoms with E-state index in [4.69, 9.17) is 10.2 Å². The number of hydrogen-bond donors (Lipinski definition) is 2. The fourth-order valence-corrected chi connectivity index (χ4v) is 0.641. The molecule has 0 aromatic carbocycles. The van der Waals surface area contributed by atoms with E-state index in [-0.39, 0.29) is 0 Å². The number of rotatable bonds is 4. The monoisotopic (exact) mass is 191 g/mol. The number of nitrogens with zero attached hydrogens (tertiary/aromatic N) is 1. The Hall–Kier alpha value is -1.79. The lowest BCUT2D eigenvalue weighted by atomic mass is 10.5. The molecule has 0 aliphatic carbocycles. The Morgan fingerprint density at radius 1 is 1.15 bits per heavy atom. The van der Waals surface area contributed by atoms with Gasteiger partial charge in [-0.1, -0.05) is 0 Å². The topological polar surface area (TPSA) is 104 Å². The molecule has 0 radical (unpaired) electrons. The molecule has 0 unspecified atom stereocenters. The Morgan fingerprint density at radius 2 is 1.54 bits per heavy atom. The first-order valence-electron chi connectivity index (χ1n) is 3.24. The van der Waals surface area contributed by atoms with Gasteiger partial charge in [-0.15, -0.1) is 0 Å². The second-order valence-electron chi connectivity index (χ2n) is 2.11. The second kappa shape index (κ2) is 4.96. The van der Waals surface area contributed by atoms with Gasteiger partial charge in [-0.3, -0.25) is 14.5 Å². The number of amides is 1. The van der Waals surface area contributed by atoms with E-state index in [0.29, 0.717) is 4.90 Å². The van der Waals surface area contributed by atoms with E-state index in [1.54, 1.807) is 0 Å². The minimum Gasteiger partial charge on any atom is -0.480 e. The molecule has 0 bridgehead atoms. The summed E-state index contributed by atoms with van der Waals surface area (Å²) in [6, 6.07) is 0. The fourth-order valence-electron chi connectivity index (χ4n) is 0.641. The van der Waals surface area contributed by atoms with Crippen molar-refractivity contribution >= 4 is 18.0 Å². The van der Waals surface area contributed by atoms with Gasteiger partial charge in [-0.05, 0) is 0 Å². The van der Waals surface area contributed by atoms with Crippen molar-refractivity contribution in [3.63, 3.8) is 0 Å². The molecule has 1 amide bonds. The third-order valence-corrected chi connectivity index (χ3v) is 1.09. The molecule has 0 aliphatic rings. The zero-order valence-electron chi connectivity index (χ0n) is 6.89. The summed E-state index contributed by atoms with van der Waals surface area (Å²) >= 11 is 0. The SMILES string of the molecule is COC(=O)N(CC(=O)O)CC(=O)O. The molecule has 13 heavy (non-hydrogen) atoms. The molecule has 0 aromatic rings. The number of carboxylic acid groups (broad SMARTS) is 2. The molecule has 0 rings (SSSR count). The van der Waals surface area contributed by atoms with Gasteiger partial charge in [0, 0.05) is 0 Å². The zero-order chi connectivity index (χ0) is 10.4. The van der Waals surface area contributed by atoms with E-state index in [0.717, 1.165) is 7.11 Å². The maximum atomic E-state index is 10.8. The van der Waals surface area contributed by atoms with Gasteiger partial charge in [0.1, 0.15) is 13.1 Å². The van der Waals surface area contributed by atoms with E-state index >= 15 is 0 Å². The third kappa shape index (κ3) is 4.62. The average molecular weight is 191 g/mol. The molecule has 0 saturated carbocycles. The predicted octanol–water partition coefficient (Wildman–Crippen LogP) is -0.776. The van der Waals surface area contributed by atoms with Crippen molar-refractivity contribution in [3.05, 3.63) is 0 Å². The highest BCUT2D eigenvalue weighted by molar-refractivity contribution is 5.81. The summed E-state index contributed by atoms with van der Waals surface area (Å²) in [7, 11) is 1.04. The maximum Gasteiger partial charge on any atom is 0.410 e. The van der Waals surface area contributed by atoms with E-state index < -0.39 is 31.1 Å². The van der Waals surface area contributed by atoms with Crippen molar-refractivity contribution in [2.45, 2.75) is 0 Å². The van der Waals surface area contributed by atoms with Crippen molar-refractivity contribution < 1.29 is 29.3 Å². The lowest BCUT2D eigenvalue weighted by molar-refractivity contribution is -0.141. The highest BCUT2D eigenvalue weighted by Crippen LogP contribution is 1.92. The number of hydrogen-bond acceptors (Lipinski definition) is 4. The number of carbonyl (C=O) groups excluding carboxylic acids is 1. The van der Waals surface area contributed by atoms with Gasteiger partial charge in [-0.2, -0.15) is 0 Å². The van der Waals surface area contributed by atoms with Crippen LogP contribution in [0.2, 0.25) is 0 Å². The standard InChI is InChI=1S/C6H9NO6/c1-13-6(12)7(2-4(8)9)3-5(10)11/h2-3H2,1H3,(H,8,9)(H,10,11). The molecule has 7 nitrogen and oxygen atoms in total. The van der Waals surface area contributed by atoms with Crippen LogP contribution in [0, 0.1) is 0 Å². The van der Waals surface area contributed by atoms with Gasteiger partial charge in [0.2, 0.25) is 0 Å². The summed E-state index contributed by atoms with van der Waals surface area (Å²) in [5.41, 5.74) is 0. The molecular formula is C6H9NO6. The number of methoxy groups -OCH3 is 1. The first-order chi connectivity index (χ1) is 5.97. The van der Waals surface area contributed by atoms with Crippen LogP contribution in [0.15, 0.2) is 0 Å². The molecule has 0 aliphatic heterocycles. The number of aliphatic carboxylic acids is 2. The van der Waals surface area contributed by atoms with Crippen LogP contribution in [0.3, 0.4) is 0 Å². The lowest BCUT2D eigenvalue weighted by Gasteiger charge is -2.15. The molecule has 0 heterocycles. The smallest absolute Gasteiger partial charge is 0.410 e. The van der Waals surface area contributed by atoms with E-state index in [2.05, 4.69) is 4.74 Å². The molecule has 0 atom stereocenters. The number of carboxylic acids is 2. The van der Waals surface area contributed by atoms with Gasteiger partial charge in [0.05, 0.1) is 7.11 Å². The van der Waals surface area contributed by atoms with Crippen molar-refractivity contribution in [2.75, 3.05) is 20.2 Å². The molecule has 74 valence electrons. The lowest BCUT2D eigenvalue weighted by Crippen LogP contribution is -2.39. The van der Waals surface area contributed by atoms with Gasteiger partial charge in [0.15, 0.2) is 0 Å². The van der Waals surface area contributed by atoms with Crippen LogP contribution in [0.25, 0.3) is 0 Å². The van der Waals surface area contributed by atoms with Crippen LogP contribution in [-0.2, 0) is 14.3 Å². The van der Waals surface area contributed by atoms with Gasteiger partial charge < -0.3 is 14.9 Å². The molecule has 2 N–H and O–H groups in total. The first-order valence-corrected chi connectivity index (χ1v) is 3.24. The Morgan fingerprint density at radius 3 is 1.77 bits per heavy atom. The zero-order valence-corrected chi connectivity index (χ0v) is 6.89. The number of carbonyl (C=O) groups is 3. The van der Waals surface area contributed by atoms with Gasteiger partial charge in [0.25, 0.3) is 0 Å². The normalized spacial score (nSPS) is 9.00. The van der Waals surface area contributed by atoms with E-state index in [1.165, 1.54) is 0 Å². The Labute approximate surface area is 73.5 Å². The van der Waals surface area contributed by atoms with Gasteiger partial charge in [-0.25, -0.2) is 4.79 Å². The predicted molar refractivity (Wildman–Crippen MR) is 39.2 cm³/mol. The van der Waals surface area contributed by atoms with Crippen molar-refractivity contribution in [1.29, 1.82) is 0 Å². The van der Waals surface area contributed by atoms with Crippen LogP contribution in [0.4, 0.5) is 4.79 Å². The molecule has 0 spiro atoms. The van der Waals surface area contributed by atoms with E-state index in [1.807, 2.05) is 0 Å². The summed E-state index contributed by atoms with van der Waals surface area (Å²) < 4.78 is 4.17.